The summed E-state index contributed by atoms with van der Waals surface area (Å²) in [5, 5.41) is 1.12. The van der Waals surface area contributed by atoms with Crippen molar-refractivity contribution in [2.45, 2.75) is 6.42 Å². The lowest BCUT2D eigenvalue weighted by atomic mass is 10.3. The highest BCUT2D eigenvalue weighted by Gasteiger charge is 2.00. The predicted octanol–water partition coefficient (Wildman–Crippen LogP) is 4.51. The average molecular weight is 252 g/mol. The quantitative estimate of drug-likeness (QED) is 0.715. The van der Waals surface area contributed by atoms with Gasteiger partial charge in [0, 0.05) is 17.0 Å². The zero-order chi connectivity index (χ0) is 10.4. The van der Waals surface area contributed by atoms with Crippen LogP contribution in [0.3, 0.4) is 0 Å². The standard InChI is InChI=1S/C10H9Cl3O/c11-5-1-2-6-14-10-4-3-8(12)7-9(10)13/h1,3-5,7H,2,6H2. The number of rotatable bonds is 4. The Labute approximate surface area is 98.2 Å². The largest absolute Gasteiger partial charge is 0.492 e. The zero-order valence-corrected chi connectivity index (χ0v) is 9.61. The molecule has 0 saturated heterocycles. The van der Waals surface area contributed by atoms with Crippen LogP contribution in [0, 0.1) is 0 Å². The molecule has 0 amide bonds. The van der Waals surface area contributed by atoms with Crippen molar-refractivity contribution in [3.05, 3.63) is 39.9 Å². The first-order valence-electron chi connectivity index (χ1n) is 4.07. The molecule has 0 atom stereocenters. The molecule has 0 heterocycles. The highest BCUT2D eigenvalue weighted by atomic mass is 35.5. The van der Waals surface area contributed by atoms with Gasteiger partial charge in [0.2, 0.25) is 0 Å². The number of halogens is 3. The third-order valence-corrected chi connectivity index (χ3v) is 2.23. The summed E-state index contributed by atoms with van der Waals surface area (Å²) in [4.78, 5) is 0. The van der Waals surface area contributed by atoms with Gasteiger partial charge in [0.05, 0.1) is 11.6 Å². The summed E-state index contributed by atoms with van der Waals surface area (Å²) >= 11 is 17.0. The van der Waals surface area contributed by atoms with Gasteiger partial charge in [-0.2, -0.15) is 0 Å². The highest BCUT2D eigenvalue weighted by Crippen LogP contribution is 2.27. The fraction of sp³-hybridized carbons (Fsp3) is 0.200. The molecule has 1 rings (SSSR count). The Kier molecular flexibility index (Phi) is 5.16. The van der Waals surface area contributed by atoms with Gasteiger partial charge >= 0.3 is 0 Å². The van der Waals surface area contributed by atoms with E-state index < -0.39 is 0 Å². The van der Waals surface area contributed by atoms with Crippen LogP contribution >= 0.6 is 34.8 Å². The molecule has 0 aliphatic rings. The van der Waals surface area contributed by atoms with E-state index in [-0.39, 0.29) is 0 Å². The maximum absolute atomic E-state index is 5.89. The van der Waals surface area contributed by atoms with Crippen molar-refractivity contribution in [2.75, 3.05) is 6.61 Å². The van der Waals surface area contributed by atoms with Crippen LogP contribution in [0.4, 0.5) is 0 Å². The van der Waals surface area contributed by atoms with E-state index in [0.29, 0.717) is 22.4 Å². The SMILES string of the molecule is ClC=CCCOc1ccc(Cl)cc1Cl. The van der Waals surface area contributed by atoms with Gasteiger partial charge < -0.3 is 4.74 Å². The number of hydrogen-bond acceptors (Lipinski definition) is 1. The van der Waals surface area contributed by atoms with Crippen molar-refractivity contribution in [3.8, 4) is 5.75 Å². The lowest BCUT2D eigenvalue weighted by molar-refractivity contribution is 0.325. The Balaban J connectivity index is 2.50. The second-order valence-electron chi connectivity index (χ2n) is 2.57. The molecule has 0 bridgehead atoms. The minimum atomic E-state index is 0.521. The molecule has 0 aromatic heterocycles. The van der Waals surface area contributed by atoms with Gasteiger partial charge in [-0.15, -0.1) is 0 Å². The minimum Gasteiger partial charge on any atom is -0.492 e. The van der Waals surface area contributed by atoms with Crippen molar-refractivity contribution in [1.29, 1.82) is 0 Å². The van der Waals surface area contributed by atoms with E-state index in [9.17, 15) is 0 Å². The predicted molar refractivity (Wildman–Crippen MR) is 61.6 cm³/mol. The molecular weight excluding hydrogens is 242 g/mol. The van der Waals surface area contributed by atoms with Crippen LogP contribution in [0.25, 0.3) is 0 Å². The van der Waals surface area contributed by atoms with Gasteiger partial charge in [0.1, 0.15) is 5.75 Å². The van der Waals surface area contributed by atoms with E-state index in [1.54, 1.807) is 18.2 Å². The molecule has 0 fully saturated rings. The molecule has 1 nitrogen and oxygen atoms in total. The molecule has 14 heavy (non-hydrogen) atoms. The zero-order valence-electron chi connectivity index (χ0n) is 7.34. The molecule has 1 aromatic carbocycles. The molecule has 0 N–H and O–H groups in total. The van der Waals surface area contributed by atoms with Gasteiger partial charge in [-0.05, 0) is 18.2 Å². The van der Waals surface area contributed by atoms with Crippen molar-refractivity contribution in [3.63, 3.8) is 0 Å². The van der Waals surface area contributed by atoms with Crippen LogP contribution in [-0.2, 0) is 0 Å². The number of benzene rings is 1. The first-order valence-corrected chi connectivity index (χ1v) is 5.26. The fourth-order valence-corrected chi connectivity index (χ4v) is 1.48. The molecule has 0 radical (unpaired) electrons. The summed E-state index contributed by atoms with van der Waals surface area (Å²) in [6, 6.07) is 5.13. The molecule has 0 spiro atoms. The molecule has 1 aromatic rings. The van der Waals surface area contributed by atoms with Crippen molar-refractivity contribution < 1.29 is 4.74 Å². The van der Waals surface area contributed by atoms with Gasteiger partial charge in [0.15, 0.2) is 0 Å². The molecular formula is C10H9Cl3O. The average Bonchev–Trinajstić information content (AvgIpc) is 2.15. The maximum Gasteiger partial charge on any atom is 0.137 e. The Morgan fingerprint density at radius 3 is 2.71 bits per heavy atom. The van der Waals surface area contributed by atoms with Gasteiger partial charge in [-0.25, -0.2) is 0 Å². The third kappa shape index (κ3) is 3.79. The van der Waals surface area contributed by atoms with Crippen LogP contribution < -0.4 is 4.74 Å². The highest BCUT2D eigenvalue weighted by molar-refractivity contribution is 6.35. The Hall–Kier alpha value is -0.370. The molecule has 4 heteroatoms. The van der Waals surface area contributed by atoms with Crippen LogP contribution in [0.1, 0.15) is 6.42 Å². The first-order chi connectivity index (χ1) is 6.74. The smallest absolute Gasteiger partial charge is 0.137 e. The van der Waals surface area contributed by atoms with Gasteiger partial charge in [-0.3, -0.25) is 0 Å². The van der Waals surface area contributed by atoms with Crippen molar-refractivity contribution in [2.24, 2.45) is 0 Å². The summed E-state index contributed by atoms with van der Waals surface area (Å²) in [6.45, 7) is 0.546. The van der Waals surface area contributed by atoms with Gasteiger partial charge in [0.25, 0.3) is 0 Å². The number of ether oxygens (including phenoxy) is 1. The lowest BCUT2D eigenvalue weighted by Gasteiger charge is -2.06. The molecule has 76 valence electrons. The van der Waals surface area contributed by atoms with E-state index in [2.05, 4.69) is 0 Å². The van der Waals surface area contributed by atoms with Crippen molar-refractivity contribution in [1.82, 2.24) is 0 Å². The van der Waals surface area contributed by atoms with Gasteiger partial charge in [-0.1, -0.05) is 40.9 Å². The lowest BCUT2D eigenvalue weighted by Crippen LogP contribution is -1.95. The molecule has 0 aliphatic heterocycles. The van der Waals surface area contributed by atoms with E-state index in [1.807, 2.05) is 6.08 Å². The van der Waals surface area contributed by atoms with E-state index >= 15 is 0 Å². The van der Waals surface area contributed by atoms with Crippen LogP contribution in [0.2, 0.25) is 10.0 Å². The first kappa shape index (κ1) is 11.7. The monoisotopic (exact) mass is 250 g/mol. The Morgan fingerprint density at radius 1 is 1.29 bits per heavy atom. The van der Waals surface area contributed by atoms with Crippen LogP contribution in [0.5, 0.6) is 5.75 Å². The normalized spacial score (nSPS) is 10.8. The summed E-state index contributed by atoms with van der Waals surface area (Å²) < 4.78 is 5.39. The summed E-state index contributed by atoms with van der Waals surface area (Å²) in [5.74, 6) is 0.638. The number of hydrogen-bond donors (Lipinski definition) is 0. The molecule has 0 aliphatic carbocycles. The summed E-state index contributed by atoms with van der Waals surface area (Å²) in [5.41, 5.74) is 1.47. The summed E-state index contributed by atoms with van der Waals surface area (Å²) in [7, 11) is 0. The van der Waals surface area contributed by atoms with E-state index in [1.165, 1.54) is 5.54 Å². The third-order valence-electron chi connectivity index (χ3n) is 1.53. The Morgan fingerprint density at radius 2 is 2.07 bits per heavy atom. The molecule has 0 saturated carbocycles. The second-order valence-corrected chi connectivity index (χ2v) is 3.67. The Bertz CT molecular complexity index is 323. The van der Waals surface area contributed by atoms with Crippen molar-refractivity contribution >= 4 is 34.8 Å². The second kappa shape index (κ2) is 6.18. The van der Waals surface area contributed by atoms with Crippen LogP contribution in [-0.4, -0.2) is 6.61 Å². The maximum atomic E-state index is 5.89. The fourth-order valence-electron chi connectivity index (χ4n) is 0.892. The minimum absolute atomic E-state index is 0.521. The van der Waals surface area contributed by atoms with E-state index in [0.717, 1.165) is 6.42 Å². The summed E-state index contributed by atoms with van der Waals surface area (Å²) in [6.07, 6.45) is 2.56. The molecule has 0 unspecified atom stereocenters. The topological polar surface area (TPSA) is 9.23 Å². The van der Waals surface area contributed by atoms with E-state index in [4.69, 9.17) is 39.5 Å². The van der Waals surface area contributed by atoms with Crippen LogP contribution in [0.15, 0.2) is 29.8 Å².